The Morgan fingerprint density at radius 2 is 2.25 bits per heavy atom. The molecule has 0 aromatic carbocycles. The maximum Gasteiger partial charge on any atom is 0.331 e. The Labute approximate surface area is 119 Å². The topological polar surface area (TPSA) is 92.4 Å². The van der Waals surface area contributed by atoms with Gasteiger partial charge in [0.15, 0.2) is 6.04 Å². The first kappa shape index (κ1) is 14.3. The number of aromatic nitrogens is 1. The van der Waals surface area contributed by atoms with Crippen molar-refractivity contribution >= 4 is 23.2 Å². The largest absolute Gasteiger partial charge is 0.479 e. The number of hydrogen-bond donors (Lipinski definition) is 2. The Hall–Kier alpha value is -2.15. The Kier molecular flexibility index (Phi) is 4.19. The summed E-state index contributed by atoms with van der Waals surface area (Å²) in [5.74, 6) is -0.889. The van der Waals surface area contributed by atoms with Gasteiger partial charge in [-0.15, -0.1) is 11.3 Å². The van der Waals surface area contributed by atoms with E-state index in [2.05, 4.69) is 10.5 Å². The molecular formula is C13H14N2O4S. The number of thiophene rings is 1. The van der Waals surface area contributed by atoms with Crippen LogP contribution in [0.3, 0.4) is 0 Å². The predicted octanol–water partition coefficient (Wildman–Crippen LogP) is 1.84. The molecule has 2 heterocycles. The van der Waals surface area contributed by atoms with E-state index in [9.17, 15) is 14.7 Å². The van der Waals surface area contributed by atoms with Gasteiger partial charge in [0.2, 0.25) is 5.91 Å². The Morgan fingerprint density at radius 1 is 1.50 bits per heavy atom. The third-order valence-corrected chi connectivity index (χ3v) is 3.84. The third kappa shape index (κ3) is 3.05. The lowest BCUT2D eigenvalue weighted by atomic mass is 10.1. The molecule has 1 unspecified atom stereocenters. The number of amides is 1. The summed E-state index contributed by atoms with van der Waals surface area (Å²) in [6.45, 7) is 3.46. The summed E-state index contributed by atoms with van der Waals surface area (Å²) in [5.41, 5.74) is 1.33. The smallest absolute Gasteiger partial charge is 0.331 e. The number of carbonyl (C=O) groups excluding carboxylic acids is 1. The first-order valence-electron chi connectivity index (χ1n) is 5.96. The summed E-state index contributed by atoms with van der Waals surface area (Å²) in [7, 11) is 0. The first-order chi connectivity index (χ1) is 9.49. The van der Waals surface area contributed by atoms with Crippen molar-refractivity contribution in [1.29, 1.82) is 0 Å². The van der Waals surface area contributed by atoms with Crippen molar-refractivity contribution < 1.29 is 19.2 Å². The molecule has 0 fully saturated rings. The number of aliphatic carboxylic acids is 1. The van der Waals surface area contributed by atoms with Gasteiger partial charge in [0, 0.05) is 10.4 Å². The minimum absolute atomic E-state index is 0.0519. The van der Waals surface area contributed by atoms with Crippen molar-refractivity contribution in [2.45, 2.75) is 26.3 Å². The van der Waals surface area contributed by atoms with E-state index in [1.54, 1.807) is 31.4 Å². The molecule has 2 aromatic heterocycles. The first-order valence-corrected chi connectivity index (χ1v) is 6.84. The lowest BCUT2D eigenvalue weighted by molar-refractivity contribution is -0.141. The maximum atomic E-state index is 12.0. The molecule has 0 bridgehead atoms. The summed E-state index contributed by atoms with van der Waals surface area (Å²) < 4.78 is 4.98. The Bertz CT molecular complexity index is 599. The van der Waals surface area contributed by atoms with Gasteiger partial charge in [0.25, 0.3) is 0 Å². The van der Waals surface area contributed by atoms with Gasteiger partial charge >= 0.3 is 5.97 Å². The molecule has 1 amide bonds. The number of aryl methyl sites for hydroxylation is 2. The molecule has 2 rings (SSSR count). The minimum atomic E-state index is -1.08. The fourth-order valence-corrected chi connectivity index (χ4v) is 2.60. The molecule has 0 saturated heterocycles. The molecule has 6 nitrogen and oxygen atoms in total. The summed E-state index contributed by atoms with van der Waals surface area (Å²) in [4.78, 5) is 23.8. The highest BCUT2D eigenvalue weighted by Gasteiger charge is 2.24. The molecule has 0 aliphatic rings. The van der Waals surface area contributed by atoms with Crippen LogP contribution in [0, 0.1) is 13.8 Å². The van der Waals surface area contributed by atoms with E-state index in [0.29, 0.717) is 21.9 Å². The van der Waals surface area contributed by atoms with Gasteiger partial charge < -0.3 is 14.9 Å². The van der Waals surface area contributed by atoms with Gasteiger partial charge in [0.05, 0.1) is 12.1 Å². The summed E-state index contributed by atoms with van der Waals surface area (Å²) >= 11 is 1.29. The molecule has 106 valence electrons. The van der Waals surface area contributed by atoms with E-state index < -0.39 is 12.0 Å². The molecule has 2 aromatic rings. The van der Waals surface area contributed by atoms with Crippen molar-refractivity contribution in [2.75, 3.05) is 0 Å². The van der Waals surface area contributed by atoms with Crippen LogP contribution >= 0.6 is 11.3 Å². The van der Waals surface area contributed by atoms with Crippen LogP contribution in [0.5, 0.6) is 0 Å². The molecule has 2 N–H and O–H groups in total. The van der Waals surface area contributed by atoms with E-state index in [-0.39, 0.29) is 12.3 Å². The predicted molar refractivity (Wildman–Crippen MR) is 72.5 cm³/mol. The third-order valence-electron chi connectivity index (χ3n) is 2.90. The lowest BCUT2D eigenvalue weighted by Gasteiger charge is -2.12. The van der Waals surface area contributed by atoms with E-state index >= 15 is 0 Å². The van der Waals surface area contributed by atoms with Gasteiger partial charge in [-0.05, 0) is 25.3 Å². The van der Waals surface area contributed by atoms with Gasteiger partial charge in [-0.3, -0.25) is 4.79 Å². The number of rotatable bonds is 5. The van der Waals surface area contributed by atoms with Gasteiger partial charge in [0.1, 0.15) is 5.76 Å². The number of carboxylic acid groups (broad SMARTS) is 1. The van der Waals surface area contributed by atoms with Crippen LogP contribution in [0.4, 0.5) is 0 Å². The van der Waals surface area contributed by atoms with Crippen molar-refractivity contribution in [2.24, 2.45) is 0 Å². The molecule has 0 saturated carbocycles. The monoisotopic (exact) mass is 294 g/mol. The zero-order valence-corrected chi connectivity index (χ0v) is 11.9. The van der Waals surface area contributed by atoms with Crippen LogP contribution in [0.15, 0.2) is 22.0 Å². The van der Waals surface area contributed by atoms with Crippen LogP contribution < -0.4 is 5.32 Å². The second-order valence-corrected chi connectivity index (χ2v) is 5.31. The molecule has 0 aliphatic heterocycles. The van der Waals surface area contributed by atoms with Crippen LogP contribution in [-0.2, 0) is 16.0 Å². The highest BCUT2D eigenvalue weighted by Crippen LogP contribution is 2.20. The normalized spacial score (nSPS) is 12.1. The van der Waals surface area contributed by atoms with Gasteiger partial charge in [-0.2, -0.15) is 0 Å². The zero-order valence-electron chi connectivity index (χ0n) is 11.0. The number of carbonyl (C=O) groups is 2. The number of nitrogens with zero attached hydrogens (tertiary/aromatic N) is 1. The number of hydrogen-bond acceptors (Lipinski definition) is 5. The molecule has 1 atom stereocenters. The molecule has 0 radical (unpaired) electrons. The van der Waals surface area contributed by atoms with Crippen molar-refractivity contribution in [3.63, 3.8) is 0 Å². The quantitative estimate of drug-likeness (QED) is 0.877. The average molecular weight is 294 g/mol. The van der Waals surface area contributed by atoms with E-state index in [0.717, 1.165) is 0 Å². The Morgan fingerprint density at radius 3 is 2.75 bits per heavy atom. The van der Waals surface area contributed by atoms with E-state index in [4.69, 9.17) is 4.52 Å². The molecular weight excluding hydrogens is 280 g/mol. The number of carboxylic acids is 1. The molecule has 7 heteroatoms. The number of nitrogens with one attached hydrogen (secondary N) is 1. The highest BCUT2D eigenvalue weighted by molar-refractivity contribution is 7.10. The summed E-state index contributed by atoms with van der Waals surface area (Å²) in [5, 5.41) is 17.2. The fourth-order valence-electron chi connectivity index (χ4n) is 1.84. The minimum Gasteiger partial charge on any atom is -0.479 e. The second kappa shape index (κ2) is 5.87. The average Bonchev–Trinajstić information content (AvgIpc) is 3.01. The zero-order chi connectivity index (χ0) is 14.7. The fraction of sp³-hybridized carbons (Fsp3) is 0.308. The second-order valence-electron chi connectivity index (χ2n) is 4.33. The molecule has 0 aliphatic carbocycles. The van der Waals surface area contributed by atoms with Crippen LogP contribution in [0.25, 0.3) is 0 Å². The van der Waals surface area contributed by atoms with Crippen molar-refractivity contribution in [3.8, 4) is 0 Å². The van der Waals surface area contributed by atoms with Crippen LogP contribution in [0.1, 0.15) is 27.9 Å². The highest BCUT2D eigenvalue weighted by atomic mass is 32.1. The standard InChI is InChI=1S/C13H14N2O4S/c1-7-9(8(2)19-15-7)6-11(16)14-12(13(17)18)10-4-3-5-20-10/h3-5,12H,6H2,1-2H3,(H,14,16)(H,17,18). The Balaban J connectivity index is 2.08. The maximum absolute atomic E-state index is 12.0. The SMILES string of the molecule is Cc1noc(C)c1CC(=O)NC(C(=O)O)c1cccs1. The van der Waals surface area contributed by atoms with Crippen LogP contribution in [0.2, 0.25) is 0 Å². The van der Waals surface area contributed by atoms with E-state index in [1.807, 2.05) is 0 Å². The summed E-state index contributed by atoms with van der Waals surface area (Å²) in [6.07, 6.45) is 0.0519. The van der Waals surface area contributed by atoms with E-state index in [1.165, 1.54) is 11.3 Å². The van der Waals surface area contributed by atoms with Crippen molar-refractivity contribution in [3.05, 3.63) is 39.4 Å². The van der Waals surface area contributed by atoms with Gasteiger partial charge in [-0.1, -0.05) is 11.2 Å². The molecule has 0 spiro atoms. The van der Waals surface area contributed by atoms with Gasteiger partial charge in [-0.25, -0.2) is 4.79 Å². The van der Waals surface area contributed by atoms with Crippen molar-refractivity contribution in [1.82, 2.24) is 10.5 Å². The summed E-state index contributed by atoms with van der Waals surface area (Å²) in [6, 6.07) is 2.40. The lowest BCUT2D eigenvalue weighted by Crippen LogP contribution is -2.34. The van der Waals surface area contributed by atoms with Crippen LogP contribution in [-0.4, -0.2) is 22.1 Å². The molecule has 20 heavy (non-hydrogen) atoms.